The highest BCUT2D eigenvalue weighted by atomic mass is 79.9. The first kappa shape index (κ1) is 17.2. The summed E-state index contributed by atoms with van der Waals surface area (Å²) >= 11 is 3.32. The van der Waals surface area contributed by atoms with E-state index in [2.05, 4.69) is 26.3 Å². The molecule has 0 saturated carbocycles. The Morgan fingerprint density at radius 2 is 1.92 bits per heavy atom. The van der Waals surface area contributed by atoms with E-state index in [0.717, 1.165) is 16.2 Å². The molecule has 0 unspecified atom stereocenters. The Hall–Kier alpha value is -2.67. The highest BCUT2D eigenvalue weighted by molar-refractivity contribution is 9.10. The molecule has 3 aromatic rings. The van der Waals surface area contributed by atoms with Crippen LogP contribution in [0.15, 0.2) is 53.0 Å². The lowest BCUT2D eigenvalue weighted by molar-refractivity contribution is 0.102. The number of hydrogen-bond acceptors (Lipinski definition) is 3. The molecule has 7 heteroatoms. The first-order valence-electron chi connectivity index (χ1n) is 7.47. The third kappa shape index (κ3) is 4.06. The molecule has 0 spiro atoms. The Morgan fingerprint density at radius 3 is 2.52 bits per heavy atom. The van der Waals surface area contributed by atoms with E-state index in [9.17, 15) is 9.18 Å². The van der Waals surface area contributed by atoms with Gasteiger partial charge in [0.15, 0.2) is 11.6 Å². The van der Waals surface area contributed by atoms with E-state index in [1.54, 1.807) is 42.1 Å². The average molecular weight is 404 g/mol. The normalized spacial score (nSPS) is 10.6. The van der Waals surface area contributed by atoms with Crippen LogP contribution in [0.1, 0.15) is 16.1 Å². The number of rotatable bonds is 4. The van der Waals surface area contributed by atoms with Gasteiger partial charge >= 0.3 is 0 Å². The Labute approximate surface area is 152 Å². The summed E-state index contributed by atoms with van der Waals surface area (Å²) in [5.74, 6) is 0.0619. The van der Waals surface area contributed by atoms with Gasteiger partial charge in [-0.3, -0.25) is 9.48 Å². The minimum Gasteiger partial charge on any atom is -0.454 e. The molecule has 0 saturated heterocycles. The minimum absolute atomic E-state index is 0.0512. The molecule has 0 aliphatic rings. The number of benzene rings is 2. The van der Waals surface area contributed by atoms with Crippen LogP contribution in [-0.2, 0) is 7.05 Å². The van der Waals surface area contributed by atoms with Crippen LogP contribution in [0.2, 0.25) is 0 Å². The van der Waals surface area contributed by atoms with Crippen molar-refractivity contribution in [3.05, 3.63) is 70.1 Å². The molecule has 0 fully saturated rings. The Bertz CT molecular complexity index is 923. The van der Waals surface area contributed by atoms with Gasteiger partial charge in [0.25, 0.3) is 5.91 Å². The predicted molar refractivity (Wildman–Crippen MR) is 96.5 cm³/mol. The first-order valence-corrected chi connectivity index (χ1v) is 8.26. The zero-order chi connectivity index (χ0) is 18.0. The van der Waals surface area contributed by atoms with Crippen LogP contribution in [0.25, 0.3) is 0 Å². The third-order valence-corrected chi connectivity index (χ3v) is 4.01. The first-order chi connectivity index (χ1) is 11.9. The molecule has 0 aliphatic carbocycles. The molecule has 5 nitrogen and oxygen atoms in total. The predicted octanol–water partition coefficient (Wildman–Crippen LogP) is 4.67. The van der Waals surface area contributed by atoms with Gasteiger partial charge in [-0.05, 0) is 49.4 Å². The van der Waals surface area contributed by atoms with Gasteiger partial charge in [0.2, 0.25) is 0 Å². The molecular weight excluding hydrogens is 389 g/mol. The highest BCUT2D eigenvalue weighted by Gasteiger charge is 2.13. The van der Waals surface area contributed by atoms with Crippen molar-refractivity contribution in [2.24, 2.45) is 7.05 Å². The molecule has 1 amide bonds. The molecular formula is C18H15BrFN3O2. The molecule has 0 bridgehead atoms. The van der Waals surface area contributed by atoms with Crippen LogP contribution >= 0.6 is 15.9 Å². The minimum atomic E-state index is -0.614. The molecule has 0 atom stereocenters. The van der Waals surface area contributed by atoms with Crippen molar-refractivity contribution in [3.63, 3.8) is 0 Å². The van der Waals surface area contributed by atoms with Gasteiger partial charge in [-0.25, -0.2) is 4.39 Å². The van der Waals surface area contributed by atoms with Crippen molar-refractivity contribution in [1.29, 1.82) is 0 Å². The van der Waals surface area contributed by atoms with Crippen LogP contribution in [-0.4, -0.2) is 15.7 Å². The van der Waals surface area contributed by atoms with Crippen molar-refractivity contribution in [2.75, 3.05) is 5.32 Å². The zero-order valence-electron chi connectivity index (χ0n) is 13.6. The van der Waals surface area contributed by atoms with Crippen LogP contribution in [0.4, 0.5) is 10.2 Å². The number of aryl methyl sites for hydroxylation is 2. The summed E-state index contributed by atoms with van der Waals surface area (Å²) in [6.45, 7) is 1.82. The van der Waals surface area contributed by atoms with E-state index >= 15 is 0 Å². The van der Waals surface area contributed by atoms with Gasteiger partial charge < -0.3 is 10.1 Å². The van der Waals surface area contributed by atoms with Gasteiger partial charge in [0.1, 0.15) is 11.6 Å². The fourth-order valence-electron chi connectivity index (χ4n) is 2.27. The summed E-state index contributed by atoms with van der Waals surface area (Å²) in [5, 5.41) is 6.85. The Morgan fingerprint density at radius 1 is 1.20 bits per heavy atom. The SMILES string of the molecule is Cc1cc(NC(=O)c2ccc(Oc3ccc(Br)cc3)c(F)c2)n(C)n1. The van der Waals surface area contributed by atoms with E-state index in [0.29, 0.717) is 11.6 Å². The number of aromatic nitrogens is 2. The summed E-state index contributed by atoms with van der Waals surface area (Å²) in [6.07, 6.45) is 0. The Kier molecular flexibility index (Phi) is 4.85. The van der Waals surface area contributed by atoms with Gasteiger partial charge in [-0.15, -0.1) is 0 Å². The fraction of sp³-hybridized carbons (Fsp3) is 0.111. The number of amides is 1. The molecule has 1 N–H and O–H groups in total. The topological polar surface area (TPSA) is 56.1 Å². The molecule has 2 aromatic carbocycles. The molecule has 1 aromatic heterocycles. The summed E-state index contributed by atoms with van der Waals surface area (Å²) < 4.78 is 22.2. The number of nitrogens with zero attached hydrogens (tertiary/aromatic N) is 2. The van der Waals surface area contributed by atoms with Crippen molar-refractivity contribution >= 4 is 27.7 Å². The van der Waals surface area contributed by atoms with Crippen molar-refractivity contribution in [2.45, 2.75) is 6.92 Å². The van der Waals surface area contributed by atoms with Crippen LogP contribution < -0.4 is 10.1 Å². The van der Waals surface area contributed by atoms with Crippen molar-refractivity contribution in [3.8, 4) is 11.5 Å². The largest absolute Gasteiger partial charge is 0.454 e. The second-order valence-corrected chi connectivity index (χ2v) is 6.37. The number of anilines is 1. The molecule has 128 valence electrons. The molecule has 25 heavy (non-hydrogen) atoms. The maximum absolute atomic E-state index is 14.3. The van der Waals surface area contributed by atoms with E-state index < -0.39 is 11.7 Å². The summed E-state index contributed by atoms with van der Waals surface area (Å²) in [6, 6.07) is 12.8. The maximum atomic E-state index is 14.3. The van der Waals surface area contributed by atoms with Gasteiger partial charge in [-0.2, -0.15) is 5.10 Å². The Balaban J connectivity index is 1.75. The average Bonchev–Trinajstić information content (AvgIpc) is 2.88. The van der Waals surface area contributed by atoms with Crippen LogP contribution in [0.5, 0.6) is 11.5 Å². The van der Waals surface area contributed by atoms with Gasteiger partial charge in [0, 0.05) is 23.2 Å². The lowest BCUT2D eigenvalue weighted by atomic mass is 10.2. The van der Waals surface area contributed by atoms with E-state index in [1.165, 1.54) is 12.1 Å². The monoisotopic (exact) mass is 403 g/mol. The van der Waals surface area contributed by atoms with Crippen molar-refractivity contribution in [1.82, 2.24) is 9.78 Å². The van der Waals surface area contributed by atoms with E-state index in [4.69, 9.17) is 4.74 Å². The number of carbonyl (C=O) groups excluding carboxylic acids is 1. The lowest BCUT2D eigenvalue weighted by Gasteiger charge is -2.09. The number of nitrogens with one attached hydrogen (secondary N) is 1. The number of ether oxygens (including phenoxy) is 1. The number of halogens is 2. The summed E-state index contributed by atoms with van der Waals surface area (Å²) in [4.78, 5) is 12.3. The summed E-state index contributed by atoms with van der Waals surface area (Å²) in [5.41, 5.74) is 0.974. The molecule has 1 heterocycles. The fourth-order valence-corrected chi connectivity index (χ4v) is 2.53. The van der Waals surface area contributed by atoms with E-state index in [1.807, 2.05) is 6.92 Å². The highest BCUT2D eigenvalue weighted by Crippen LogP contribution is 2.26. The smallest absolute Gasteiger partial charge is 0.256 e. The standard InChI is InChI=1S/C18H15BrFN3O2/c1-11-9-17(23(2)22-11)21-18(24)12-3-8-16(15(20)10-12)25-14-6-4-13(19)5-7-14/h3-10H,1-2H3,(H,21,24). The quantitative estimate of drug-likeness (QED) is 0.688. The number of hydrogen-bond donors (Lipinski definition) is 1. The number of carbonyl (C=O) groups is 1. The second kappa shape index (κ2) is 7.06. The lowest BCUT2D eigenvalue weighted by Crippen LogP contribution is -2.14. The second-order valence-electron chi connectivity index (χ2n) is 5.45. The molecule has 3 rings (SSSR count). The third-order valence-electron chi connectivity index (χ3n) is 3.48. The molecule has 0 radical (unpaired) electrons. The van der Waals surface area contributed by atoms with E-state index in [-0.39, 0.29) is 11.3 Å². The van der Waals surface area contributed by atoms with Gasteiger partial charge in [0.05, 0.1) is 5.69 Å². The van der Waals surface area contributed by atoms with Gasteiger partial charge in [-0.1, -0.05) is 15.9 Å². The molecule has 0 aliphatic heterocycles. The maximum Gasteiger partial charge on any atom is 0.256 e. The van der Waals surface area contributed by atoms with Crippen LogP contribution in [0.3, 0.4) is 0 Å². The zero-order valence-corrected chi connectivity index (χ0v) is 15.2. The van der Waals surface area contributed by atoms with Crippen LogP contribution in [0, 0.1) is 12.7 Å². The summed E-state index contributed by atoms with van der Waals surface area (Å²) in [7, 11) is 1.72. The van der Waals surface area contributed by atoms with Crippen molar-refractivity contribution < 1.29 is 13.9 Å².